The summed E-state index contributed by atoms with van der Waals surface area (Å²) in [5.41, 5.74) is 3.90. The lowest BCUT2D eigenvalue weighted by atomic mass is 9.98. The summed E-state index contributed by atoms with van der Waals surface area (Å²) in [5.74, 6) is 2.37. The standard InChI is InChI=1S/C31H34O6/c1-5-6-7-9-14-23-17-25-24(22-12-10-8-11-13-22)18-30(32)37-27(25)19-26(23)36-20-21-15-28(33-2)31(35-4)29(16-21)34-3/h8,10-13,15-19H,5-7,9,14,20H2,1-4H3. The molecule has 0 saturated heterocycles. The van der Waals surface area contributed by atoms with Crippen LogP contribution >= 0.6 is 0 Å². The van der Waals surface area contributed by atoms with Gasteiger partial charge in [0.15, 0.2) is 11.5 Å². The maximum Gasteiger partial charge on any atom is 0.336 e. The predicted octanol–water partition coefficient (Wildman–Crippen LogP) is 7.19. The van der Waals surface area contributed by atoms with Crippen molar-refractivity contribution in [2.45, 2.75) is 45.6 Å². The number of hydrogen-bond donors (Lipinski definition) is 0. The van der Waals surface area contributed by atoms with Crippen molar-refractivity contribution in [2.75, 3.05) is 21.3 Å². The van der Waals surface area contributed by atoms with E-state index < -0.39 is 5.63 Å². The van der Waals surface area contributed by atoms with Crippen molar-refractivity contribution in [1.82, 2.24) is 0 Å². The van der Waals surface area contributed by atoms with Gasteiger partial charge < -0.3 is 23.4 Å². The molecule has 1 aromatic heterocycles. The summed E-state index contributed by atoms with van der Waals surface area (Å²) in [4.78, 5) is 12.5. The number of unbranched alkanes of at least 4 members (excludes halogenated alkanes) is 3. The van der Waals surface area contributed by atoms with Gasteiger partial charge in [-0.15, -0.1) is 0 Å². The van der Waals surface area contributed by atoms with Gasteiger partial charge in [-0.05, 0) is 53.3 Å². The van der Waals surface area contributed by atoms with E-state index in [1.165, 1.54) is 12.8 Å². The Balaban J connectivity index is 1.73. The van der Waals surface area contributed by atoms with Crippen LogP contribution in [0.25, 0.3) is 22.1 Å². The first-order valence-corrected chi connectivity index (χ1v) is 12.7. The molecule has 3 aromatic carbocycles. The molecule has 0 spiro atoms. The quantitative estimate of drug-likeness (QED) is 0.151. The molecule has 4 aromatic rings. The lowest BCUT2D eigenvalue weighted by molar-refractivity contribution is 0.295. The number of hydrogen-bond acceptors (Lipinski definition) is 6. The van der Waals surface area contributed by atoms with Crippen LogP contribution < -0.4 is 24.6 Å². The molecule has 0 radical (unpaired) electrons. The summed E-state index contributed by atoms with van der Waals surface area (Å²) in [6, 6.07) is 19.2. The van der Waals surface area contributed by atoms with E-state index in [1.807, 2.05) is 48.5 Å². The van der Waals surface area contributed by atoms with E-state index in [-0.39, 0.29) is 6.61 Å². The molecule has 0 saturated carbocycles. The number of aryl methyl sites for hydroxylation is 1. The Morgan fingerprint density at radius 3 is 2.16 bits per heavy atom. The van der Waals surface area contributed by atoms with E-state index in [4.69, 9.17) is 23.4 Å². The van der Waals surface area contributed by atoms with Gasteiger partial charge in [-0.3, -0.25) is 0 Å². The molecule has 6 nitrogen and oxygen atoms in total. The zero-order valence-corrected chi connectivity index (χ0v) is 22.0. The maximum absolute atomic E-state index is 12.5. The molecular weight excluding hydrogens is 468 g/mol. The van der Waals surface area contributed by atoms with Crippen LogP contribution in [0.1, 0.15) is 43.7 Å². The summed E-state index contributed by atoms with van der Waals surface area (Å²) in [6.45, 7) is 2.49. The minimum atomic E-state index is -0.391. The topological polar surface area (TPSA) is 67.1 Å². The SMILES string of the molecule is CCCCCCc1cc2c(-c3ccccc3)cc(=O)oc2cc1OCc1cc(OC)c(OC)c(OC)c1. The molecule has 194 valence electrons. The molecule has 0 aliphatic heterocycles. The first kappa shape index (κ1) is 26.1. The van der Waals surface area contributed by atoms with Crippen molar-refractivity contribution < 1.29 is 23.4 Å². The highest BCUT2D eigenvalue weighted by Crippen LogP contribution is 2.39. The Morgan fingerprint density at radius 2 is 1.51 bits per heavy atom. The Hall–Kier alpha value is -3.93. The summed E-state index contributed by atoms with van der Waals surface area (Å²) >= 11 is 0. The van der Waals surface area contributed by atoms with E-state index in [0.29, 0.717) is 28.6 Å². The molecule has 37 heavy (non-hydrogen) atoms. The van der Waals surface area contributed by atoms with Crippen LogP contribution in [0.2, 0.25) is 0 Å². The Morgan fingerprint density at radius 1 is 0.784 bits per heavy atom. The van der Waals surface area contributed by atoms with Crippen LogP contribution in [0.4, 0.5) is 0 Å². The van der Waals surface area contributed by atoms with Gasteiger partial charge in [-0.25, -0.2) is 4.79 Å². The highest BCUT2D eigenvalue weighted by molar-refractivity contribution is 5.94. The number of benzene rings is 3. The monoisotopic (exact) mass is 502 g/mol. The molecule has 6 heteroatoms. The zero-order valence-electron chi connectivity index (χ0n) is 22.0. The molecule has 0 bridgehead atoms. The maximum atomic E-state index is 12.5. The van der Waals surface area contributed by atoms with Crippen molar-refractivity contribution in [3.8, 4) is 34.1 Å². The summed E-state index contributed by atoms with van der Waals surface area (Å²) in [6.07, 6.45) is 5.44. The molecular formula is C31H34O6. The summed E-state index contributed by atoms with van der Waals surface area (Å²) < 4.78 is 28.4. The second-order valence-corrected chi connectivity index (χ2v) is 8.93. The minimum absolute atomic E-state index is 0.285. The average molecular weight is 503 g/mol. The summed E-state index contributed by atoms with van der Waals surface area (Å²) in [5, 5.41) is 0.899. The summed E-state index contributed by atoms with van der Waals surface area (Å²) in [7, 11) is 4.76. The van der Waals surface area contributed by atoms with Gasteiger partial charge in [-0.2, -0.15) is 0 Å². The first-order chi connectivity index (χ1) is 18.1. The molecule has 0 N–H and O–H groups in total. The van der Waals surface area contributed by atoms with Crippen molar-refractivity contribution in [3.05, 3.63) is 82.2 Å². The van der Waals surface area contributed by atoms with Crippen molar-refractivity contribution >= 4 is 11.0 Å². The number of fused-ring (bicyclic) bond motifs is 1. The highest BCUT2D eigenvalue weighted by atomic mass is 16.5. The fourth-order valence-corrected chi connectivity index (χ4v) is 4.54. The van der Waals surface area contributed by atoms with E-state index >= 15 is 0 Å². The van der Waals surface area contributed by atoms with E-state index in [0.717, 1.165) is 46.9 Å². The first-order valence-electron chi connectivity index (χ1n) is 12.7. The van der Waals surface area contributed by atoms with Gasteiger partial charge in [0.2, 0.25) is 5.75 Å². The molecule has 0 unspecified atom stereocenters. The number of methoxy groups -OCH3 is 3. The smallest absolute Gasteiger partial charge is 0.336 e. The molecule has 0 amide bonds. The van der Waals surface area contributed by atoms with Crippen molar-refractivity contribution in [3.63, 3.8) is 0 Å². The minimum Gasteiger partial charge on any atom is -0.493 e. The molecule has 0 atom stereocenters. The zero-order chi connectivity index (χ0) is 26.2. The number of rotatable bonds is 12. The third kappa shape index (κ3) is 6.08. The second kappa shape index (κ2) is 12.3. The highest BCUT2D eigenvalue weighted by Gasteiger charge is 2.16. The molecule has 4 rings (SSSR count). The molecule has 0 aliphatic carbocycles. The predicted molar refractivity (Wildman–Crippen MR) is 146 cm³/mol. The Labute approximate surface area is 217 Å². The third-order valence-corrected chi connectivity index (χ3v) is 6.43. The van der Waals surface area contributed by atoms with Crippen LogP contribution in [0.15, 0.2) is 69.9 Å². The van der Waals surface area contributed by atoms with Gasteiger partial charge in [0, 0.05) is 17.5 Å². The Kier molecular flexibility index (Phi) is 8.72. The third-order valence-electron chi connectivity index (χ3n) is 6.43. The van der Waals surface area contributed by atoms with E-state index in [9.17, 15) is 4.79 Å². The molecule has 0 fully saturated rings. The number of ether oxygens (including phenoxy) is 4. The lowest BCUT2D eigenvalue weighted by Crippen LogP contribution is -2.03. The fourth-order valence-electron chi connectivity index (χ4n) is 4.54. The van der Waals surface area contributed by atoms with Crippen LogP contribution in [0, 0.1) is 0 Å². The van der Waals surface area contributed by atoms with Crippen molar-refractivity contribution in [2.24, 2.45) is 0 Å². The van der Waals surface area contributed by atoms with E-state index in [1.54, 1.807) is 27.4 Å². The van der Waals surface area contributed by atoms with Crippen molar-refractivity contribution in [1.29, 1.82) is 0 Å². The second-order valence-electron chi connectivity index (χ2n) is 8.93. The normalized spacial score (nSPS) is 10.9. The van der Waals surface area contributed by atoms with Gasteiger partial charge in [0.25, 0.3) is 0 Å². The van der Waals surface area contributed by atoms with Gasteiger partial charge in [0.1, 0.15) is 17.9 Å². The van der Waals surface area contributed by atoms with Gasteiger partial charge >= 0.3 is 5.63 Å². The van der Waals surface area contributed by atoms with Crippen LogP contribution in [-0.4, -0.2) is 21.3 Å². The fraction of sp³-hybridized carbons (Fsp3) is 0.323. The average Bonchev–Trinajstić information content (AvgIpc) is 2.93. The van der Waals surface area contributed by atoms with Crippen LogP contribution in [-0.2, 0) is 13.0 Å². The van der Waals surface area contributed by atoms with Crippen LogP contribution in [0.5, 0.6) is 23.0 Å². The van der Waals surface area contributed by atoms with Crippen LogP contribution in [0.3, 0.4) is 0 Å². The van der Waals surface area contributed by atoms with E-state index in [2.05, 4.69) is 13.0 Å². The Bertz CT molecular complexity index is 1370. The lowest BCUT2D eigenvalue weighted by Gasteiger charge is -2.17. The van der Waals surface area contributed by atoms with Gasteiger partial charge in [0.05, 0.1) is 21.3 Å². The molecule has 0 aliphatic rings. The largest absolute Gasteiger partial charge is 0.493 e. The molecule has 1 heterocycles. The van der Waals surface area contributed by atoms with Gasteiger partial charge in [-0.1, -0.05) is 56.5 Å².